The quantitative estimate of drug-likeness (QED) is 0.945. The molecule has 1 aromatic carbocycles. The van der Waals surface area contributed by atoms with Gasteiger partial charge in [0.15, 0.2) is 0 Å². The van der Waals surface area contributed by atoms with E-state index in [9.17, 15) is 8.78 Å². The Kier molecular flexibility index (Phi) is 4.15. The minimum atomic E-state index is -0.663. The van der Waals surface area contributed by atoms with Crippen LogP contribution in [0.2, 0.25) is 0 Å². The van der Waals surface area contributed by atoms with Crippen molar-refractivity contribution in [3.63, 3.8) is 0 Å². The molecular weight excluding hydrogens is 290 g/mol. The summed E-state index contributed by atoms with van der Waals surface area (Å²) in [6.07, 6.45) is 0. The highest BCUT2D eigenvalue weighted by Crippen LogP contribution is 2.24. The highest BCUT2D eigenvalue weighted by Gasteiger charge is 2.15. The molecule has 0 unspecified atom stereocenters. The summed E-state index contributed by atoms with van der Waals surface area (Å²) in [6.45, 7) is 4.46. The van der Waals surface area contributed by atoms with Crippen molar-refractivity contribution in [2.75, 3.05) is 36.5 Å². The van der Waals surface area contributed by atoms with E-state index in [1.165, 1.54) is 18.2 Å². The van der Waals surface area contributed by atoms with Crippen LogP contribution in [0, 0.1) is 18.6 Å². The van der Waals surface area contributed by atoms with Gasteiger partial charge < -0.3 is 15.0 Å². The van der Waals surface area contributed by atoms with Gasteiger partial charge in [-0.2, -0.15) is 0 Å². The third-order valence-corrected chi connectivity index (χ3v) is 3.38. The molecule has 1 fully saturated rings. The van der Waals surface area contributed by atoms with Gasteiger partial charge in [-0.05, 0) is 19.1 Å². The summed E-state index contributed by atoms with van der Waals surface area (Å²) < 4.78 is 32.7. The number of morpholine rings is 1. The molecule has 0 spiro atoms. The van der Waals surface area contributed by atoms with Crippen molar-refractivity contribution >= 4 is 17.3 Å². The van der Waals surface area contributed by atoms with Gasteiger partial charge in [0.05, 0.1) is 13.2 Å². The van der Waals surface area contributed by atoms with Crippen LogP contribution in [0.4, 0.5) is 26.1 Å². The third kappa shape index (κ3) is 3.14. The molecule has 22 heavy (non-hydrogen) atoms. The van der Waals surface area contributed by atoms with Crippen LogP contribution in [0.5, 0.6) is 0 Å². The minimum Gasteiger partial charge on any atom is -0.378 e. The van der Waals surface area contributed by atoms with Crippen molar-refractivity contribution in [2.45, 2.75) is 6.92 Å². The molecule has 0 aliphatic carbocycles. The number of hydrogen-bond acceptors (Lipinski definition) is 5. The molecule has 0 amide bonds. The van der Waals surface area contributed by atoms with Gasteiger partial charge in [0.25, 0.3) is 0 Å². The van der Waals surface area contributed by atoms with Crippen LogP contribution >= 0.6 is 0 Å². The second kappa shape index (κ2) is 6.23. The molecule has 1 aliphatic heterocycles. The van der Waals surface area contributed by atoms with Gasteiger partial charge in [-0.25, -0.2) is 18.7 Å². The molecule has 0 atom stereocenters. The Morgan fingerprint density at radius 3 is 2.50 bits per heavy atom. The summed E-state index contributed by atoms with van der Waals surface area (Å²) in [6, 6.07) is 5.40. The highest BCUT2D eigenvalue weighted by atomic mass is 19.1. The topological polar surface area (TPSA) is 50.3 Å². The van der Waals surface area contributed by atoms with Crippen LogP contribution in [0.25, 0.3) is 0 Å². The van der Waals surface area contributed by atoms with Crippen molar-refractivity contribution in [1.29, 1.82) is 0 Å². The second-order valence-electron chi connectivity index (χ2n) is 4.98. The van der Waals surface area contributed by atoms with E-state index in [0.717, 1.165) is 18.9 Å². The van der Waals surface area contributed by atoms with Crippen molar-refractivity contribution in [3.8, 4) is 0 Å². The first kappa shape index (κ1) is 14.6. The fourth-order valence-electron chi connectivity index (χ4n) is 2.32. The molecule has 5 nitrogen and oxygen atoms in total. The number of ether oxygens (including phenoxy) is 1. The zero-order valence-corrected chi connectivity index (χ0v) is 12.1. The predicted octanol–water partition coefficient (Wildman–Crippen LogP) is 2.64. The lowest BCUT2D eigenvalue weighted by molar-refractivity contribution is 0.122. The average molecular weight is 306 g/mol. The lowest BCUT2D eigenvalue weighted by atomic mass is 10.3. The van der Waals surface area contributed by atoms with Gasteiger partial charge in [-0.15, -0.1) is 0 Å². The zero-order chi connectivity index (χ0) is 15.5. The normalized spacial score (nSPS) is 15.0. The number of rotatable bonds is 3. The lowest BCUT2D eigenvalue weighted by Gasteiger charge is -2.28. The Bertz CT molecular complexity index is 654. The van der Waals surface area contributed by atoms with Gasteiger partial charge in [0.1, 0.15) is 34.8 Å². The Balaban J connectivity index is 1.89. The van der Waals surface area contributed by atoms with Crippen molar-refractivity contribution in [3.05, 3.63) is 41.7 Å². The maximum atomic E-state index is 13.7. The summed E-state index contributed by atoms with van der Waals surface area (Å²) >= 11 is 0. The summed E-state index contributed by atoms with van der Waals surface area (Å²) in [5.41, 5.74) is -0.214. The summed E-state index contributed by atoms with van der Waals surface area (Å²) in [7, 11) is 0. The fraction of sp³-hybridized carbons (Fsp3) is 0.333. The first-order chi connectivity index (χ1) is 10.6. The number of anilines is 3. The number of nitrogens with one attached hydrogen (secondary N) is 1. The maximum absolute atomic E-state index is 13.7. The molecule has 1 aliphatic rings. The van der Waals surface area contributed by atoms with Gasteiger partial charge in [0.2, 0.25) is 0 Å². The number of hydrogen-bond donors (Lipinski definition) is 1. The largest absolute Gasteiger partial charge is 0.378 e. The lowest BCUT2D eigenvalue weighted by Crippen LogP contribution is -2.36. The monoisotopic (exact) mass is 306 g/mol. The van der Waals surface area contributed by atoms with E-state index in [4.69, 9.17) is 4.74 Å². The average Bonchev–Trinajstić information content (AvgIpc) is 2.51. The van der Waals surface area contributed by atoms with Crippen LogP contribution in [0.1, 0.15) is 5.82 Å². The Hall–Kier alpha value is -2.28. The smallest absolute Gasteiger partial charge is 0.149 e. The predicted molar refractivity (Wildman–Crippen MR) is 79.4 cm³/mol. The number of benzene rings is 1. The number of halogens is 2. The van der Waals surface area contributed by atoms with Crippen LogP contribution in [0.3, 0.4) is 0 Å². The first-order valence-corrected chi connectivity index (χ1v) is 7.03. The van der Waals surface area contributed by atoms with Gasteiger partial charge in [0, 0.05) is 19.2 Å². The van der Waals surface area contributed by atoms with E-state index in [-0.39, 0.29) is 5.69 Å². The molecule has 2 heterocycles. The van der Waals surface area contributed by atoms with Crippen LogP contribution in [-0.4, -0.2) is 36.3 Å². The van der Waals surface area contributed by atoms with E-state index < -0.39 is 11.6 Å². The van der Waals surface area contributed by atoms with Gasteiger partial charge in [-0.1, -0.05) is 6.07 Å². The molecular formula is C15H16F2N4O. The molecule has 2 aromatic rings. The van der Waals surface area contributed by atoms with Gasteiger partial charge in [-0.3, -0.25) is 0 Å². The van der Waals surface area contributed by atoms with E-state index >= 15 is 0 Å². The summed E-state index contributed by atoms with van der Waals surface area (Å²) in [5.74, 6) is 0.282. The molecule has 1 aromatic heterocycles. The van der Waals surface area contributed by atoms with Crippen LogP contribution in [0.15, 0.2) is 24.3 Å². The van der Waals surface area contributed by atoms with E-state index in [0.29, 0.717) is 24.9 Å². The molecule has 116 valence electrons. The van der Waals surface area contributed by atoms with E-state index in [1.807, 2.05) is 0 Å². The molecule has 1 saturated heterocycles. The first-order valence-electron chi connectivity index (χ1n) is 7.03. The number of aromatic nitrogens is 2. The number of nitrogens with zero attached hydrogens (tertiary/aromatic N) is 3. The standard InChI is InChI=1S/C15H16F2N4O/c1-10-18-13(20-15-11(16)3-2-4-12(15)17)9-14(19-10)21-5-7-22-8-6-21/h2-4,9H,5-8H2,1H3,(H,18,19,20). The second-order valence-corrected chi connectivity index (χ2v) is 4.98. The molecule has 0 saturated carbocycles. The van der Waals surface area contributed by atoms with E-state index in [1.54, 1.807) is 13.0 Å². The maximum Gasteiger partial charge on any atom is 0.149 e. The Morgan fingerprint density at radius 2 is 1.82 bits per heavy atom. The van der Waals surface area contributed by atoms with Gasteiger partial charge >= 0.3 is 0 Å². The SMILES string of the molecule is Cc1nc(Nc2c(F)cccc2F)cc(N2CCOCC2)n1. The minimum absolute atomic E-state index is 0.214. The molecule has 1 N–H and O–H groups in total. The van der Waals surface area contributed by atoms with Crippen molar-refractivity contribution in [2.24, 2.45) is 0 Å². The number of para-hydroxylation sites is 1. The van der Waals surface area contributed by atoms with Crippen LogP contribution in [-0.2, 0) is 4.74 Å². The Morgan fingerprint density at radius 1 is 1.14 bits per heavy atom. The zero-order valence-electron chi connectivity index (χ0n) is 12.1. The summed E-state index contributed by atoms with van der Waals surface area (Å²) in [5, 5.41) is 2.70. The third-order valence-electron chi connectivity index (χ3n) is 3.38. The molecule has 0 bridgehead atoms. The molecule has 0 radical (unpaired) electrons. The van der Waals surface area contributed by atoms with Crippen molar-refractivity contribution in [1.82, 2.24) is 9.97 Å². The molecule has 7 heteroatoms. The Labute approximate surface area is 127 Å². The molecule has 3 rings (SSSR count). The number of aryl methyl sites for hydroxylation is 1. The van der Waals surface area contributed by atoms with Crippen molar-refractivity contribution < 1.29 is 13.5 Å². The summed E-state index contributed by atoms with van der Waals surface area (Å²) in [4.78, 5) is 10.6. The van der Waals surface area contributed by atoms with Crippen LogP contribution < -0.4 is 10.2 Å². The highest BCUT2D eigenvalue weighted by molar-refractivity contribution is 5.60. The fourth-order valence-corrected chi connectivity index (χ4v) is 2.32. The van der Waals surface area contributed by atoms with E-state index in [2.05, 4.69) is 20.2 Å².